The van der Waals surface area contributed by atoms with Crippen molar-refractivity contribution in [1.82, 2.24) is 0 Å². The van der Waals surface area contributed by atoms with E-state index in [1.165, 1.54) is 50.5 Å². The molecular formula is C16H26. The Bertz CT molecular complexity index is 250. The molecule has 0 aromatic heterocycles. The summed E-state index contributed by atoms with van der Waals surface area (Å²) in [5.41, 5.74) is 1.49. The average Bonchev–Trinajstić information content (AvgIpc) is 2.31. The molecule has 90 valence electrons. The van der Waals surface area contributed by atoms with Gasteiger partial charge < -0.3 is 0 Å². The monoisotopic (exact) mass is 218 g/mol. The lowest BCUT2D eigenvalue weighted by molar-refractivity contribution is 0.450. The van der Waals surface area contributed by atoms with Gasteiger partial charge in [0.25, 0.3) is 0 Å². The molecule has 0 radical (unpaired) electrons. The maximum absolute atomic E-state index is 2.40. The van der Waals surface area contributed by atoms with Crippen molar-refractivity contribution in [3.05, 3.63) is 35.9 Å². The summed E-state index contributed by atoms with van der Waals surface area (Å²) in [6.07, 6.45) is 9.57. The van der Waals surface area contributed by atoms with Crippen molar-refractivity contribution in [3.8, 4) is 0 Å². The Morgan fingerprint density at radius 3 is 2.31 bits per heavy atom. The fraction of sp³-hybridized carbons (Fsp3) is 0.625. The molecule has 0 heteroatoms. The molecule has 0 N–H and O–H groups in total. The molecule has 0 nitrogen and oxygen atoms in total. The molecule has 1 atom stereocenters. The minimum Gasteiger partial charge on any atom is -0.0654 e. The predicted molar refractivity (Wildman–Crippen MR) is 72.7 cm³/mol. The lowest BCUT2D eigenvalue weighted by Crippen LogP contribution is -1.96. The molecule has 1 unspecified atom stereocenters. The third-order valence-electron chi connectivity index (χ3n) is 3.31. The first-order chi connectivity index (χ1) is 7.83. The maximum Gasteiger partial charge on any atom is -0.0279 e. The molecule has 0 amide bonds. The van der Waals surface area contributed by atoms with Crippen LogP contribution in [-0.2, 0) is 6.42 Å². The van der Waals surface area contributed by atoms with Gasteiger partial charge in [-0.15, -0.1) is 0 Å². The molecule has 1 rings (SSSR count). The van der Waals surface area contributed by atoms with Crippen LogP contribution in [0.25, 0.3) is 0 Å². The highest BCUT2D eigenvalue weighted by molar-refractivity contribution is 5.14. The van der Waals surface area contributed by atoms with E-state index < -0.39 is 0 Å². The van der Waals surface area contributed by atoms with Gasteiger partial charge in [-0.3, -0.25) is 0 Å². The van der Waals surface area contributed by atoms with E-state index in [-0.39, 0.29) is 0 Å². The standard InChI is InChI=1S/C16H26/c1-3-4-6-10-15(2)11-9-14-16-12-7-5-8-13-16/h5,7-8,12-13,15H,3-4,6,9-11,14H2,1-2H3. The van der Waals surface area contributed by atoms with E-state index >= 15 is 0 Å². The van der Waals surface area contributed by atoms with E-state index in [1.54, 1.807) is 0 Å². The summed E-state index contributed by atoms with van der Waals surface area (Å²) in [5, 5.41) is 0. The number of rotatable bonds is 8. The van der Waals surface area contributed by atoms with Crippen molar-refractivity contribution in [1.29, 1.82) is 0 Å². The van der Waals surface area contributed by atoms with Crippen LogP contribution in [0.2, 0.25) is 0 Å². The first-order valence-corrected chi connectivity index (χ1v) is 6.87. The highest BCUT2D eigenvalue weighted by Crippen LogP contribution is 2.16. The van der Waals surface area contributed by atoms with Gasteiger partial charge in [-0.1, -0.05) is 76.3 Å². The van der Waals surface area contributed by atoms with Gasteiger partial charge in [0, 0.05) is 0 Å². The molecule has 0 aliphatic heterocycles. The molecule has 0 heterocycles. The fourth-order valence-electron chi connectivity index (χ4n) is 2.19. The SMILES string of the molecule is CCCCCC(C)CCCc1ccccc1. The lowest BCUT2D eigenvalue weighted by Gasteiger charge is -2.10. The van der Waals surface area contributed by atoms with Gasteiger partial charge >= 0.3 is 0 Å². The van der Waals surface area contributed by atoms with Gasteiger partial charge in [-0.05, 0) is 24.3 Å². The third-order valence-corrected chi connectivity index (χ3v) is 3.31. The summed E-state index contributed by atoms with van der Waals surface area (Å²) >= 11 is 0. The first kappa shape index (κ1) is 13.3. The number of aryl methyl sites for hydroxylation is 1. The topological polar surface area (TPSA) is 0 Å². The van der Waals surface area contributed by atoms with Crippen LogP contribution in [0.15, 0.2) is 30.3 Å². The van der Waals surface area contributed by atoms with Gasteiger partial charge in [0.1, 0.15) is 0 Å². The summed E-state index contributed by atoms with van der Waals surface area (Å²) in [7, 11) is 0. The number of unbranched alkanes of at least 4 members (excludes halogenated alkanes) is 2. The van der Waals surface area contributed by atoms with Crippen LogP contribution >= 0.6 is 0 Å². The molecule has 0 spiro atoms. The molecule has 16 heavy (non-hydrogen) atoms. The Hall–Kier alpha value is -0.780. The Balaban J connectivity index is 2.06. The number of hydrogen-bond donors (Lipinski definition) is 0. The molecule has 0 aliphatic carbocycles. The third kappa shape index (κ3) is 5.95. The van der Waals surface area contributed by atoms with Crippen LogP contribution in [0.3, 0.4) is 0 Å². The summed E-state index contributed by atoms with van der Waals surface area (Å²) in [6.45, 7) is 4.68. The zero-order valence-electron chi connectivity index (χ0n) is 10.9. The summed E-state index contributed by atoms with van der Waals surface area (Å²) in [6, 6.07) is 10.8. The second-order valence-corrected chi connectivity index (χ2v) is 4.98. The van der Waals surface area contributed by atoms with E-state index in [0.29, 0.717) is 0 Å². The highest BCUT2D eigenvalue weighted by atomic mass is 14.1. The zero-order valence-corrected chi connectivity index (χ0v) is 10.9. The van der Waals surface area contributed by atoms with Crippen molar-refractivity contribution < 1.29 is 0 Å². The molecule has 0 saturated carbocycles. The van der Waals surface area contributed by atoms with Crippen molar-refractivity contribution in [2.24, 2.45) is 5.92 Å². The highest BCUT2D eigenvalue weighted by Gasteiger charge is 2.01. The minimum absolute atomic E-state index is 0.912. The average molecular weight is 218 g/mol. The molecule has 0 fully saturated rings. The predicted octanol–water partition coefficient (Wildman–Crippen LogP) is 5.23. The first-order valence-electron chi connectivity index (χ1n) is 6.87. The summed E-state index contributed by atoms with van der Waals surface area (Å²) in [5.74, 6) is 0.912. The van der Waals surface area contributed by atoms with Crippen molar-refractivity contribution in [3.63, 3.8) is 0 Å². The van der Waals surface area contributed by atoms with Gasteiger partial charge in [0.05, 0.1) is 0 Å². The van der Waals surface area contributed by atoms with E-state index in [0.717, 1.165) is 5.92 Å². The Morgan fingerprint density at radius 1 is 0.938 bits per heavy atom. The normalized spacial score (nSPS) is 12.6. The van der Waals surface area contributed by atoms with Crippen molar-refractivity contribution >= 4 is 0 Å². The van der Waals surface area contributed by atoms with Crippen LogP contribution in [0.4, 0.5) is 0 Å². The maximum atomic E-state index is 2.40. The van der Waals surface area contributed by atoms with Crippen LogP contribution in [0.5, 0.6) is 0 Å². The van der Waals surface area contributed by atoms with Gasteiger partial charge in [-0.25, -0.2) is 0 Å². The Kier molecular flexibility index (Phi) is 6.96. The van der Waals surface area contributed by atoms with Crippen LogP contribution in [0, 0.1) is 5.92 Å². The number of benzene rings is 1. The smallest absolute Gasteiger partial charge is 0.0279 e. The molecule has 1 aromatic carbocycles. The second kappa shape index (κ2) is 8.38. The zero-order chi connectivity index (χ0) is 11.6. The molecule has 1 aromatic rings. The van der Waals surface area contributed by atoms with E-state index in [2.05, 4.69) is 44.2 Å². The second-order valence-electron chi connectivity index (χ2n) is 4.98. The van der Waals surface area contributed by atoms with Gasteiger partial charge in [0.2, 0.25) is 0 Å². The minimum atomic E-state index is 0.912. The molecule has 0 aliphatic rings. The van der Waals surface area contributed by atoms with Crippen LogP contribution in [-0.4, -0.2) is 0 Å². The van der Waals surface area contributed by atoms with E-state index in [9.17, 15) is 0 Å². The number of hydrogen-bond acceptors (Lipinski definition) is 0. The molecule has 0 bridgehead atoms. The Morgan fingerprint density at radius 2 is 1.62 bits per heavy atom. The lowest BCUT2D eigenvalue weighted by atomic mass is 9.96. The Labute approximate surface area is 101 Å². The van der Waals surface area contributed by atoms with Gasteiger partial charge in [-0.2, -0.15) is 0 Å². The fourth-order valence-corrected chi connectivity index (χ4v) is 2.19. The largest absolute Gasteiger partial charge is 0.0654 e. The van der Waals surface area contributed by atoms with Crippen molar-refractivity contribution in [2.75, 3.05) is 0 Å². The summed E-state index contributed by atoms with van der Waals surface area (Å²) in [4.78, 5) is 0. The van der Waals surface area contributed by atoms with Gasteiger partial charge in [0.15, 0.2) is 0 Å². The summed E-state index contributed by atoms with van der Waals surface area (Å²) < 4.78 is 0. The van der Waals surface area contributed by atoms with E-state index in [4.69, 9.17) is 0 Å². The quantitative estimate of drug-likeness (QED) is 0.524. The molecular weight excluding hydrogens is 192 g/mol. The van der Waals surface area contributed by atoms with Crippen molar-refractivity contribution in [2.45, 2.75) is 58.8 Å². The van der Waals surface area contributed by atoms with Crippen LogP contribution < -0.4 is 0 Å². The van der Waals surface area contributed by atoms with Crippen LogP contribution in [0.1, 0.15) is 57.9 Å². The molecule has 0 saturated heterocycles. The van der Waals surface area contributed by atoms with E-state index in [1.807, 2.05) is 0 Å².